The highest BCUT2D eigenvalue weighted by molar-refractivity contribution is 5.87. The number of aromatic nitrogens is 4. The van der Waals surface area contributed by atoms with Crippen LogP contribution in [0.5, 0.6) is 5.75 Å². The second-order valence-electron chi connectivity index (χ2n) is 11.7. The van der Waals surface area contributed by atoms with Gasteiger partial charge in [-0.25, -0.2) is 14.6 Å². The molecule has 0 unspecified atom stereocenters. The quantitative estimate of drug-likeness (QED) is 0.425. The molecule has 0 spiro atoms. The summed E-state index contributed by atoms with van der Waals surface area (Å²) in [5, 5.41) is 5.57. The van der Waals surface area contributed by atoms with Crippen molar-refractivity contribution in [2.24, 2.45) is 5.92 Å². The van der Waals surface area contributed by atoms with E-state index in [0.717, 1.165) is 93.1 Å². The zero-order chi connectivity index (χ0) is 29.1. The van der Waals surface area contributed by atoms with Gasteiger partial charge in [-0.1, -0.05) is 12.1 Å². The van der Waals surface area contributed by atoms with Crippen LogP contribution in [0.3, 0.4) is 0 Å². The van der Waals surface area contributed by atoms with E-state index in [1.165, 1.54) is 0 Å². The second kappa shape index (κ2) is 12.6. The summed E-state index contributed by atoms with van der Waals surface area (Å²) in [4.78, 5) is 43.1. The van der Waals surface area contributed by atoms with Crippen molar-refractivity contribution in [1.29, 1.82) is 0 Å². The van der Waals surface area contributed by atoms with Crippen molar-refractivity contribution in [3.8, 4) is 5.75 Å². The number of ether oxygens (including phenoxy) is 1. The first-order valence-electron chi connectivity index (χ1n) is 15.4. The normalized spacial score (nSPS) is 22.0. The summed E-state index contributed by atoms with van der Waals surface area (Å²) >= 11 is 0. The van der Waals surface area contributed by atoms with Crippen molar-refractivity contribution < 1.29 is 14.3 Å². The van der Waals surface area contributed by atoms with Gasteiger partial charge in [-0.2, -0.15) is 5.10 Å². The SMILES string of the molecule is CCOc1cccc(Cn2ncc3c(N4CCN(C(=O)C5CCC(N6CCN(C(C)=O)CC6)CC5)CC4)ncnc32)c1. The largest absolute Gasteiger partial charge is 0.494 e. The van der Waals surface area contributed by atoms with Crippen LogP contribution in [-0.4, -0.2) is 111 Å². The van der Waals surface area contributed by atoms with E-state index >= 15 is 0 Å². The van der Waals surface area contributed by atoms with Gasteiger partial charge >= 0.3 is 0 Å². The number of rotatable bonds is 7. The third kappa shape index (κ3) is 6.06. The molecule has 2 aliphatic heterocycles. The molecular weight excluding hydrogens is 532 g/mol. The molecule has 3 fully saturated rings. The predicted octanol–water partition coefficient (Wildman–Crippen LogP) is 2.64. The van der Waals surface area contributed by atoms with Gasteiger partial charge in [0.15, 0.2) is 5.65 Å². The molecular formula is C31H42N8O3. The molecule has 11 heteroatoms. The minimum Gasteiger partial charge on any atom is -0.494 e. The van der Waals surface area contributed by atoms with Crippen molar-refractivity contribution in [2.45, 2.75) is 52.1 Å². The molecule has 0 atom stereocenters. The van der Waals surface area contributed by atoms with Crippen LogP contribution in [0.2, 0.25) is 0 Å². The molecule has 42 heavy (non-hydrogen) atoms. The Morgan fingerprint density at radius 1 is 0.929 bits per heavy atom. The lowest BCUT2D eigenvalue weighted by atomic mass is 9.84. The van der Waals surface area contributed by atoms with Crippen LogP contribution in [0.15, 0.2) is 36.8 Å². The summed E-state index contributed by atoms with van der Waals surface area (Å²) in [6.45, 7) is 11.3. The van der Waals surface area contributed by atoms with Gasteiger partial charge in [0.2, 0.25) is 11.8 Å². The number of carbonyl (C=O) groups is 2. The number of anilines is 1. The lowest BCUT2D eigenvalue weighted by Gasteiger charge is -2.42. The number of amides is 2. The Kier molecular flexibility index (Phi) is 8.55. The van der Waals surface area contributed by atoms with Gasteiger partial charge in [0.05, 0.1) is 24.7 Å². The average molecular weight is 575 g/mol. The Morgan fingerprint density at radius 2 is 1.67 bits per heavy atom. The number of benzene rings is 1. The maximum atomic E-state index is 13.5. The molecule has 1 aromatic carbocycles. The van der Waals surface area contributed by atoms with Gasteiger partial charge in [0.1, 0.15) is 17.9 Å². The molecule has 6 rings (SSSR count). The predicted molar refractivity (Wildman–Crippen MR) is 160 cm³/mol. The summed E-state index contributed by atoms with van der Waals surface area (Å²) in [6.07, 6.45) is 7.51. The van der Waals surface area contributed by atoms with E-state index in [2.05, 4.69) is 35.8 Å². The molecule has 3 aromatic rings. The molecule has 1 saturated carbocycles. The Balaban J connectivity index is 1.02. The fourth-order valence-electron chi connectivity index (χ4n) is 6.81. The molecule has 2 amide bonds. The van der Waals surface area contributed by atoms with Crippen LogP contribution in [0, 0.1) is 5.92 Å². The van der Waals surface area contributed by atoms with Gasteiger partial charge in [-0.3, -0.25) is 14.5 Å². The van der Waals surface area contributed by atoms with Gasteiger partial charge in [-0.15, -0.1) is 0 Å². The first kappa shape index (κ1) is 28.4. The fraction of sp³-hybridized carbons (Fsp3) is 0.581. The van der Waals surface area contributed by atoms with E-state index in [9.17, 15) is 9.59 Å². The summed E-state index contributed by atoms with van der Waals surface area (Å²) < 4.78 is 7.56. The first-order chi connectivity index (χ1) is 20.5. The molecule has 0 N–H and O–H groups in total. The van der Waals surface area contributed by atoms with Gasteiger partial charge in [0, 0.05) is 71.2 Å². The molecule has 11 nitrogen and oxygen atoms in total. The van der Waals surface area contributed by atoms with Crippen LogP contribution in [0.1, 0.15) is 45.1 Å². The zero-order valence-electron chi connectivity index (χ0n) is 24.8. The molecule has 4 heterocycles. The summed E-state index contributed by atoms with van der Waals surface area (Å²) in [5.41, 5.74) is 1.91. The second-order valence-corrected chi connectivity index (χ2v) is 11.7. The topological polar surface area (TPSA) is 99.9 Å². The monoisotopic (exact) mass is 574 g/mol. The van der Waals surface area contributed by atoms with Crippen molar-refractivity contribution in [1.82, 2.24) is 34.4 Å². The summed E-state index contributed by atoms with van der Waals surface area (Å²) in [6, 6.07) is 8.60. The first-order valence-corrected chi connectivity index (χ1v) is 15.4. The Morgan fingerprint density at radius 3 is 2.38 bits per heavy atom. The summed E-state index contributed by atoms with van der Waals surface area (Å²) in [7, 11) is 0. The molecule has 224 valence electrons. The molecule has 0 bridgehead atoms. The van der Waals surface area contributed by atoms with Crippen LogP contribution in [0.25, 0.3) is 11.0 Å². The molecule has 2 aromatic heterocycles. The molecule has 0 radical (unpaired) electrons. The van der Waals surface area contributed by atoms with Crippen molar-refractivity contribution in [3.63, 3.8) is 0 Å². The summed E-state index contributed by atoms with van der Waals surface area (Å²) in [5.74, 6) is 2.34. The number of hydrogen-bond acceptors (Lipinski definition) is 8. The standard InChI is InChI=1S/C31H42N8O3/c1-3-42-27-6-4-5-24(19-27)21-39-30-28(20-34-39)29(32-22-33-30)37-15-17-38(18-16-37)31(41)25-7-9-26(10-8-25)36-13-11-35(12-14-36)23(2)40/h4-6,19-20,22,25-26H,3,7-18,21H2,1-2H3. The van der Waals surface area contributed by atoms with Gasteiger partial charge < -0.3 is 19.4 Å². The Bertz CT molecular complexity index is 1390. The van der Waals surface area contributed by atoms with E-state index in [1.807, 2.05) is 40.9 Å². The Hall–Kier alpha value is -3.73. The van der Waals surface area contributed by atoms with E-state index in [-0.39, 0.29) is 11.8 Å². The van der Waals surface area contributed by atoms with Crippen LogP contribution < -0.4 is 9.64 Å². The zero-order valence-corrected chi connectivity index (χ0v) is 24.8. The maximum absolute atomic E-state index is 13.5. The number of hydrogen-bond donors (Lipinski definition) is 0. The average Bonchev–Trinajstić information content (AvgIpc) is 3.44. The van der Waals surface area contributed by atoms with Gasteiger partial charge in [-0.05, 0) is 50.3 Å². The van der Waals surface area contributed by atoms with E-state index in [1.54, 1.807) is 13.3 Å². The van der Waals surface area contributed by atoms with Crippen LogP contribution in [-0.2, 0) is 16.1 Å². The third-order valence-corrected chi connectivity index (χ3v) is 9.17. The molecule has 2 saturated heterocycles. The van der Waals surface area contributed by atoms with Crippen molar-refractivity contribution >= 4 is 28.7 Å². The van der Waals surface area contributed by atoms with Crippen LogP contribution >= 0.6 is 0 Å². The molecule has 3 aliphatic rings. The maximum Gasteiger partial charge on any atom is 0.225 e. The molecule has 1 aliphatic carbocycles. The highest BCUT2D eigenvalue weighted by Crippen LogP contribution is 2.31. The highest BCUT2D eigenvalue weighted by Gasteiger charge is 2.34. The Labute approximate surface area is 247 Å². The van der Waals surface area contributed by atoms with Gasteiger partial charge in [0.25, 0.3) is 0 Å². The van der Waals surface area contributed by atoms with E-state index < -0.39 is 0 Å². The number of carbonyl (C=O) groups excluding carboxylic acids is 2. The third-order valence-electron chi connectivity index (χ3n) is 9.17. The number of nitrogens with zero attached hydrogens (tertiary/aromatic N) is 8. The number of fused-ring (bicyclic) bond motifs is 1. The van der Waals surface area contributed by atoms with Crippen molar-refractivity contribution in [3.05, 3.63) is 42.4 Å². The highest BCUT2D eigenvalue weighted by atomic mass is 16.5. The van der Waals surface area contributed by atoms with Crippen LogP contribution in [0.4, 0.5) is 5.82 Å². The number of piperazine rings is 2. The smallest absolute Gasteiger partial charge is 0.225 e. The fourth-order valence-corrected chi connectivity index (χ4v) is 6.81. The van der Waals surface area contributed by atoms with E-state index in [4.69, 9.17) is 4.74 Å². The lowest BCUT2D eigenvalue weighted by molar-refractivity contribution is -0.137. The lowest BCUT2D eigenvalue weighted by Crippen LogP contribution is -2.53. The van der Waals surface area contributed by atoms with Crippen molar-refractivity contribution in [2.75, 3.05) is 63.9 Å². The van der Waals surface area contributed by atoms with E-state index in [0.29, 0.717) is 38.2 Å². The minimum absolute atomic E-state index is 0.122. The minimum atomic E-state index is 0.122.